The zero-order valence-electron chi connectivity index (χ0n) is 16.6. The summed E-state index contributed by atoms with van der Waals surface area (Å²) in [5, 5.41) is 9.73. The molecule has 0 saturated heterocycles. The van der Waals surface area contributed by atoms with E-state index in [-0.39, 0.29) is 47.4 Å². The van der Waals surface area contributed by atoms with E-state index in [1.165, 1.54) is 17.0 Å². The predicted molar refractivity (Wildman–Crippen MR) is 100 cm³/mol. The molecule has 10 heteroatoms. The average Bonchev–Trinajstić information content (AvgIpc) is 2.73. The van der Waals surface area contributed by atoms with Gasteiger partial charge in [0, 0.05) is 12.1 Å². The third kappa shape index (κ3) is 4.60. The molecule has 0 bridgehead atoms. The second-order valence-electron chi connectivity index (χ2n) is 5.70. The number of carboxylic acids is 1. The van der Waals surface area contributed by atoms with E-state index in [9.17, 15) is 19.5 Å². The standard InChI is InChI=1S/C19H23NO9/c1-5-28-14-7-11(17(21)22)13(8-15(14)29-6-2)20-10-27-9-12(18(23)25-3)16(20)19(24)26-4/h7-8H,5-6,9-10H2,1-4H3,(H,21,22). The molecule has 1 aliphatic heterocycles. The summed E-state index contributed by atoms with van der Waals surface area (Å²) in [7, 11) is 2.32. The maximum atomic E-state index is 12.5. The molecule has 1 N–H and O–H groups in total. The number of carboxylic acid groups (broad SMARTS) is 1. The van der Waals surface area contributed by atoms with E-state index in [0.29, 0.717) is 13.2 Å². The Morgan fingerprint density at radius 3 is 2.14 bits per heavy atom. The third-order valence-corrected chi connectivity index (χ3v) is 4.02. The van der Waals surface area contributed by atoms with Gasteiger partial charge in [0.25, 0.3) is 0 Å². The first-order valence-corrected chi connectivity index (χ1v) is 8.81. The number of hydrogen-bond acceptors (Lipinski definition) is 9. The van der Waals surface area contributed by atoms with Gasteiger partial charge in [0.15, 0.2) is 11.5 Å². The fraction of sp³-hybridized carbons (Fsp3) is 0.421. The van der Waals surface area contributed by atoms with Gasteiger partial charge >= 0.3 is 17.9 Å². The fourth-order valence-electron chi connectivity index (χ4n) is 2.81. The molecule has 0 aromatic heterocycles. The second-order valence-corrected chi connectivity index (χ2v) is 5.70. The summed E-state index contributed by atoms with van der Waals surface area (Å²) in [5.74, 6) is -2.37. The molecule has 0 fully saturated rings. The Kier molecular flexibility index (Phi) is 7.43. The maximum absolute atomic E-state index is 12.5. The first-order chi connectivity index (χ1) is 13.9. The van der Waals surface area contributed by atoms with Crippen molar-refractivity contribution in [2.75, 3.05) is 45.7 Å². The number of rotatable bonds is 8. The molecule has 1 aromatic carbocycles. The number of hydrogen-bond donors (Lipinski definition) is 1. The van der Waals surface area contributed by atoms with Crippen LogP contribution in [-0.4, -0.2) is 63.8 Å². The van der Waals surface area contributed by atoms with Crippen LogP contribution < -0.4 is 14.4 Å². The maximum Gasteiger partial charge on any atom is 0.355 e. The summed E-state index contributed by atoms with van der Waals surface area (Å²) in [6.45, 7) is 3.74. The van der Waals surface area contributed by atoms with Gasteiger partial charge in [-0.1, -0.05) is 0 Å². The molecule has 1 heterocycles. The predicted octanol–water partition coefficient (Wildman–Crippen LogP) is 1.58. The van der Waals surface area contributed by atoms with Crippen molar-refractivity contribution in [2.45, 2.75) is 13.8 Å². The van der Waals surface area contributed by atoms with Crippen molar-refractivity contribution in [1.82, 2.24) is 0 Å². The summed E-state index contributed by atoms with van der Waals surface area (Å²) >= 11 is 0. The zero-order valence-corrected chi connectivity index (χ0v) is 16.6. The minimum atomic E-state index is -1.27. The number of carbonyl (C=O) groups is 3. The Hall–Kier alpha value is -3.27. The topological polar surface area (TPSA) is 121 Å². The summed E-state index contributed by atoms with van der Waals surface area (Å²) < 4.78 is 26.0. The van der Waals surface area contributed by atoms with Gasteiger partial charge in [0.1, 0.15) is 12.4 Å². The van der Waals surface area contributed by atoms with Crippen LogP contribution in [0.4, 0.5) is 5.69 Å². The Balaban J connectivity index is 2.74. The molecule has 0 radical (unpaired) electrons. The van der Waals surface area contributed by atoms with Gasteiger partial charge in [-0.15, -0.1) is 0 Å². The van der Waals surface area contributed by atoms with Crippen molar-refractivity contribution < 1.29 is 43.2 Å². The molecule has 1 aliphatic rings. The zero-order chi connectivity index (χ0) is 21.6. The average molecular weight is 409 g/mol. The monoisotopic (exact) mass is 409 g/mol. The third-order valence-electron chi connectivity index (χ3n) is 4.02. The molecule has 0 atom stereocenters. The van der Waals surface area contributed by atoms with Crippen molar-refractivity contribution in [2.24, 2.45) is 0 Å². The van der Waals surface area contributed by atoms with E-state index in [1.54, 1.807) is 13.8 Å². The van der Waals surface area contributed by atoms with Crippen molar-refractivity contribution in [1.29, 1.82) is 0 Å². The van der Waals surface area contributed by atoms with Crippen LogP contribution in [0, 0.1) is 0 Å². The minimum Gasteiger partial charge on any atom is -0.490 e. The molecule has 0 unspecified atom stereocenters. The van der Waals surface area contributed by atoms with Gasteiger partial charge in [0.05, 0.1) is 50.9 Å². The van der Waals surface area contributed by atoms with Crippen LogP contribution in [-0.2, 0) is 23.8 Å². The van der Waals surface area contributed by atoms with Crippen molar-refractivity contribution in [3.8, 4) is 11.5 Å². The lowest BCUT2D eigenvalue weighted by atomic mass is 10.1. The molecule has 0 aliphatic carbocycles. The highest BCUT2D eigenvalue weighted by atomic mass is 16.5. The first-order valence-electron chi connectivity index (χ1n) is 8.81. The Morgan fingerprint density at radius 1 is 1.03 bits per heavy atom. The van der Waals surface area contributed by atoms with Crippen LogP contribution >= 0.6 is 0 Å². The molecule has 158 valence electrons. The minimum absolute atomic E-state index is 0.0749. The number of anilines is 1. The second kappa shape index (κ2) is 9.78. The number of methoxy groups -OCH3 is 2. The van der Waals surface area contributed by atoms with Gasteiger partial charge in [-0.2, -0.15) is 0 Å². The van der Waals surface area contributed by atoms with Crippen molar-refractivity contribution >= 4 is 23.6 Å². The van der Waals surface area contributed by atoms with E-state index >= 15 is 0 Å². The van der Waals surface area contributed by atoms with Crippen LogP contribution in [0.25, 0.3) is 0 Å². The number of benzene rings is 1. The van der Waals surface area contributed by atoms with E-state index in [0.717, 1.165) is 14.2 Å². The summed E-state index contributed by atoms with van der Waals surface area (Å²) in [6.07, 6.45) is 0. The molecule has 0 amide bonds. The number of ether oxygens (including phenoxy) is 5. The van der Waals surface area contributed by atoms with Gasteiger partial charge in [0.2, 0.25) is 0 Å². The lowest BCUT2D eigenvalue weighted by Gasteiger charge is -2.32. The largest absolute Gasteiger partial charge is 0.490 e. The number of esters is 2. The normalized spacial score (nSPS) is 13.7. The highest BCUT2D eigenvalue weighted by Gasteiger charge is 2.35. The molecular weight excluding hydrogens is 386 g/mol. The number of aromatic carboxylic acids is 1. The molecule has 0 spiro atoms. The molecule has 10 nitrogen and oxygen atoms in total. The molecule has 0 saturated carbocycles. The summed E-state index contributed by atoms with van der Waals surface area (Å²) in [6, 6.07) is 2.72. The van der Waals surface area contributed by atoms with Crippen LogP contribution in [0.15, 0.2) is 23.4 Å². The van der Waals surface area contributed by atoms with Gasteiger partial charge < -0.3 is 33.7 Å². The molecule has 29 heavy (non-hydrogen) atoms. The lowest BCUT2D eigenvalue weighted by molar-refractivity contribution is -0.140. The quantitative estimate of drug-likeness (QED) is 0.633. The number of nitrogens with zero attached hydrogens (tertiary/aromatic N) is 1. The first kappa shape index (κ1) is 22.0. The molecule has 1 aromatic rings. The van der Waals surface area contributed by atoms with Gasteiger partial charge in [-0.05, 0) is 13.8 Å². The summed E-state index contributed by atoms with van der Waals surface area (Å²) in [4.78, 5) is 37.8. The van der Waals surface area contributed by atoms with Crippen LogP contribution in [0.1, 0.15) is 24.2 Å². The van der Waals surface area contributed by atoms with Crippen molar-refractivity contribution in [3.05, 3.63) is 29.0 Å². The highest BCUT2D eigenvalue weighted by molar-refractivity contribution is 6.05. The van der Waals surface area contributed by atoms with Crippen LogP contribution in [0.2, 0.25) is 0 Å². The summed E-state index contributed by atoms with van der Waals surface area (Å²) in [5.41, 5.74) is -0.354. The highest BCUT2D eigenvalue weighted by Crippen LogP contribution is 2.38. The SMILES string of the molecule is CCOc1cc(C(=O)O)c(N2COCC(C(=O)OC)=C2C(=O)OC)cc1OCC. The van der Waals surface area contributed by atoms with E-state index in [1.807, 2.05) is 0 Å². The van der Waals surface area contributed by atoms with E-state index < -0.39 is 17.9 Å². The number of carbonyl (C=O) groups excluding carboxylic acids is 2. The van der Waals surface area contributed by atoms with Gasteiger partial charge in [-0.25, -0.2) is 14.4 Å². The molecular formula is C19H23NO9. The Labute approximate surface area is 167 Å². The molecule has 2 rings (SSSR count). The smallest absolute Gasteiger partial charge is 0.355 e. The fourth-order valence-corrected chi connectivity index (χ4v) is 2.81. The van der Waals surface area contributed by atoms with Gasteiger partial charge in [-0.3, -0.25) is 0 Å². The lowest BCUT2D eigenvalue weighted by Crippen LogP contribution is -2.39. The van der Waals surface area contributed by atoms with Crippen molar-refractivity contribution in [3.63, 3.8) is 0 Å². The Morgan fingerprint density at radius 2 is 1.62 bits per heavy atom. The van der Waals surface area contributed by atoms with Crippen LogP contribution in [0.5, 0.6) is 11.5 Å². The Bertz CT molecular complexity index is 831. The van der Waals surface area contributed by atoms with E-state index in [4.69, 9.17) is 23.7 Å². The van der Waals surface area contributed by atoms with E-state index in [2.05, 4.69) is 0 Å². The van der Waals surface area contributed by atoms with Crippen LogP contribution in [0.3, 0.4) is 0 Å².